The Hall–Kier alpha value is -1.40. The Labute approximate surface area is 147 Å². The second kappa shape index (κ2) is 8.45. The fourth-order valence-corrected chi connectivity index (χ4v) is 4.95. The van der Waals surface area contributed by atoms with E-state index in [1.165, 1.54) is 16.8 Å². The van der Waals surface area contributed by atoms with Gasteiger partial charge in [-0.05, 0) is 0 Å². The minimum absolute atomic E-state index is 0.498. The molecule has 0 aliphatic carbocycles. The van der Waals surface area contributed by atoms with Crippen LogP contribution in [0.3, 0.4) is 0 Å². The fourth-order valence-electron chi connectivity index (χ4n) is 2.52. The van der Waals surface area contributed by atoms with Crippen LogP contribution in [-0.4, -0.2) is 11.5 Å². The summed E-state index contributed by atoms with van der Waals surface area (Å²) in [4.78, 5) is 0. The standard InChI is InChI=1S/C12H17N.C8H8O.W/c1-8(2)10-6-5-7-11(9(3)4)12(10)13;1-7-5-3-4-6-8(7)9-2;/h5-9H,1-4H3;1,3-6H,2H3;. The van der Waals surface area contributed by atoms with Crippen molar-refractivity contribution >= 4 is 10.1 Å². The predicted molar refractivity (Wildman–Crippen MR) is 94.9 cm³/mol. The van der Waals surface area contributed by atoms with Gasteiger partial charge in [0, 0.05) is 0 Å². The van der Waals surface area contributed by atoms with Crippen molar-refractivity contribution in [1.29, 1.82) is 0 Å². The van der Waals surface area contributed by atoms with E-state index in [1.54, 1.807) is 7.11 Å². The van der Waals surface area contributed by atoms with Gasteiger partial charge >= 0.3 is 148 Å². The van der Waals surface area contributed by atoms with Crippen molar-refractivity contribution in [1.82, 2.24) is 0 Å². The van der Waals surface area contributed by atoms with Crippen molar-refractivity contribution in [3.05, 3.63) is 59.2 Å². The van der Waals surface area contributed by atoms with E-state index in [-0.39, 0.29) is 0 Å². The van der Waals surface area contributed by atoms with E-state index in [2.05, 4.69) is 62.4 Å². The zero-order chi connectivity index (χ0) is 16.8. The predicted octanol–water partition coefficient (Wildman–Crippen LogP) is 5.69. The van der Waals surface area contributed by atoms with Crippen molar-refractivity contribution in [3.63, 3.8) is 0 Å². The molecule has 122 valence electrons. The maximum atomic E-state index is 5.43. The second-order valence-corrected chi connectivity index (χ2v) is 8.41. The molecule has 0 saturated heterocycles. The molecule has 0 bridgehead atoms. The molecule has 0 atom stereocenters. The summed E-state index contributed by atoms with van der Waals surface area (Å²) >= 11 is -0.975. The number of hydrogen-bond donors (Lipinski definition) is 0. The van der Waals surface area contributed by atoms with Crippen LogP contribution in [0.25, 0.3) is 0 Å². The average Bonchev–Trinajstić information content (AvgIpc) is 2.55. The molecule has 23 heavy (non-hydrogen) atoms. The monoisotopic (exact) mass is 479 g/mol. The Morgan fingerprint density at radius 1 is 0.913 bits per heavy atom. The van der Waals surface area contributed by atoms with Gasteiger partial charge in [-0.2, -0.15) is 0 Å². The van der Waals surface area contributed by atoms with Crippen molar-refractivity contribution in [3.8, 4) is 5.75 Å². The van der Waals surface area contributed by atoms with Crippen molar-refractivity contribution in [2.45, 2.75) is 39.5 Å². The summed E-state index contributed by atoms with van der Waals surface area (Å²) in [5.41, 5.74) is 5.12. The number of hydrogen-bond acceptors (Lipinski definition) is 2. The van der Waals surface area contributed by atoms with Gasteiger partial charge in [-0.15, -0.1) is 0 Å². The van der Waals surface area contributed by atoms with Gasteiger partial charge in [-0.1, -0.05) is 0 Å². The number of ether oxygens (including phenoxy) is 1. The summed E-state index contributed by atoms with van der Waals surface area (Å²) in [6.45, 7) is 8.97. The third kappa shape index (κ3) is 4.54. The first kappa shape index (κ1) is 17.9. The SMILES string of the molecule is COc1ccccc1[CH]=[W]=[N]c1c(C(C)C)cccc1C(C)C. The van der Waals surface area contributed by atoms with Crippen LogP contribution in [0.1, 0.15) is 56.2 Å². The summed E-state index contributed by atoms with van der Waals surface area (Å²) in [5.74, 6) is 1.93. The fraction of sp³-hybridized carbons (Fsp3) is 0.350. The summed E-state index contributed by atoms with van der Waals surface area (Å²) in [6.07, 6.45) is 0. The third-order valence-electron chi connectivity index (χ3n) is 3.81. The Morgan fingerprint density at radius 3 is 2.09 bits per heavy atom. The first-order chi connectivity index (χ1) is 11.0. The van der Waals surface area contributed by atoms with E-state index in [1.807, 2.05) is 12.1 Å². The summed E-state index contributed by atoms with van der Waals surface area (Å²) in [6, 6.07) is 14.8. The molecule has 0 amide bonds. The van der Waals surface area contributed by atoms with Gasteiger partial charge in [0.15, 0.2) is 0 Å². The van der Waals surface area contributed by atoms with Gasteiger partial charge in [0.1, 0.15) is 0 Å². The van der Waals surface area contributed by atoms with Gasteiger partial charge in [-0.3, -0.25) is 0 Å². The molecular weight excluding hydrogens is 454 g/mol. The molecule has 0 aliphatic heterocycles. The van der Waals surface area contributed by atoms with Gasteiger partial charge < -0.3 is 0 Å². The molecule has 0 radical (unpaired) electrons. The van der Waals surface area contributed by atoms with E-state index in [9.17, 15) is 0 Å². The molecule has 0 aliphatic rings. The molecule has 0 spiro atoms. The summed E-state index contributed by atoms with van der Waals surface area (Å²) < 4.78 is 12.8. The van der Waals surface area contributed by atoms with Gasteiger partial charge in [-0.25, -0.2) is 0 Å². The van der Waals surface area contributed by atoms with Crippen molar-refractivity contribution in [2.24, 2.45) is 3.50 Å². The molecule has 2 rings (SSSR count). The molecule has 2 nitrogen and oxygen atoms in total. The maximum absolute atomic E-state index is 5.43. The number of para-hydroxylation sites is 1. The molecule has 0 N–H and O–H groups in total. The zero-order valence-electron chi connectivity index (χ0n) is 14.5. The van der Waals surface area contributed by atoms with E-state index in [4.69, 9.17) is 8.23 Å². The van der Waals surface area contributed by atoms with E-state index in [0.717, 1.165) is 11.3 Å². The van der Waals surface area contributed by atoms with Crippen LogP contribution in [0.15, 0.2) is 46.0 Å². The third-order valence-corrected chi connectivity index (χ3v) is 6.13. The molecule has 0 saturated carbocycles. The quantitative estimate of drug-likeness (QED) is 0.540. The van der Waals surface area contributed by atoms with E-state index in [0.29, 0.717) is 11.8 Å². The van der Waals surface area contributed by atoms with Crippen LogP contribution >= 0.6 is 0 Å². The molecule has 0 unspecified atom stereocenters. The van der Waals surface area contributed by atoms with Crippen LogP contribution in [0.2, 0.25) is 0 Å². The molecule has 2 aromatic carbocycles. The molecule has 2 aromatic rings. The van der Waals surface area contributed by atoms with Gasteiger partial charge in [0.25, 0.3) is 0 Å². The first-order valence-corrected chi connectivity index (χ1v) is 11.0. The van der Waals surface area contributed by atoms with Crippen LogP contribution in [0, 0.1) is 0 Å². The Balaban J connectivity index is 2.48. The summed E-state index contributed by atoms with van der Waals surface area (Å²) in [5, 5.41) is 0. The molecule has 0 heterocycles. The second-order valence-electron chi connectivity index (χ2n) is 6.15. The average molecular weight is 479 g/mol. The van der Waals surface area contributed by atoms with Crippen molar-refractivity contribution < 1.29 is 22.7 Å². The molecular formula is C20H25NOW. The van der Waals surface area contributed by atoms with E-state index >= 15 is 0 Å². The number of rotatable bonds is 5. The molecule has 0 aromatic heterocycles. The first-order valence-electron chi connectivity index (χ1n) is 8.00. The van der Waals surface area contributed by atoms with Crippen LogP contribution < -0.4 is 4.74 Å². The molecule has 3 heteroatoms. The number of methoxy groups -OCH3 is 1. The number of nitrogens with zero attached hydrogens (tertiary/aromatic N) is 1. The summed E-state index contributed by atoms with van der Waals surface area (Å²) in [7, 11) is 1.72. The Morgan fingerprint density at radius 2 is 1.52 bits per heavy atom. The number of benzene rings is 2. The van der Waals surface area contributed by atoms with Crippen LogP contribution in [0.5, 0.6) is 5.75 Å². The normalized spacial score (nSPS) is 10.7. The van der Waals surface area contributed by atoms with E-state index < -0.39 is 17.9 Å². The van der Waals surface area contributed by atoms with Gasteiger partial charge in [0.2, 0.25) is 0 Å². The molecule has 0 fully saturated rings. The van der Waals surface area contributed by atoms with Gasteiger partial charge in [0.05, 0.1) is 0 Å². The minimum atomic E-state index is -0.975. The van der Waals surface area contributed by atoms with Crippen LogP contribution in [0.4, 0.5) is 5.69 Å². The Bertz CT molecular complexity index is 702. The Kier molecular flexibility index (Phi) is 6.59. The van der Waals surface area contributed by atoms with Crippen LogP contribution in [-0.2, 0) is 17.9 Å². The topological polar surface area (TPSA) is 21.6 Å². The van der Waals surface area contributed by atoms with Crippen molar-refractivity contribution in [2.75, 3.05) is 7.11 Å². The zero-order valence-corrected chi connectivity index (χ0v) is 17.5.